The van der Waals surface area contributed by atoms with Crippen LogP contribution in [0.3, 0.4) is 0 Å². The van der Waals surface area contributed by atoms with Crippen molar-refractivity contribution in [3.05, 3.63) is 51.6 Å². The van der Waals surface area contributed by atoms with E-state index in [2.05, 4.69) is 4.98 Å². The van der Waals surface area contributed by atoms with E-state index >= 15 is 0 Å². The predicted octanol–water partition coefficient (Wildman–Crippen LogP) is 2.62. The van der Waals surface area contributed by atoms with E-state index in [1.807, 2.05) is 17.8 Å². The Morgan fingerprint density at radius 3 is 2.84 bits per heavy atom. The molecular weight excluding hydrogens is 268 g/mol. The van der Waals surface area contributed by atoms with Crippen molar-refractivity contribution in [1.29, 1.82) is 0 Å². The normalized spacial score (nSPS) is 10.5. The molecule has 2 aromatic rings. The first-order valence-electron chi connectivity index (χ1n) is 5.61. The number of hydrogen-bond donors (Lipinski definition) is 0. The van der Waals surface area contributed by atoms with Crippen molar-refractivity contribution in [3.8, 4) is 0 Å². The molecule has 100 valence electrons. The van der Waals surface area contributed by atoms with Gasteiger partial charge in [-0.3, -0.25) is 10.1 Å². The summed E-state index contributed by atoms with van der Waals surface area (Å²) in [6.07, 6.45) is 3.52. The fourth-order valence-corrected chi connectivity index (χ4v) is 2.08. The molecule has 0 bridgehead atoms. The number of benzene rings is 1. The maximum absolute atomic E-state index is 11.1. The molecule has 7 heteroatoms. The maximum Gasteiger partial charge on any atom is 0.310 e. The quantitative estimate of drug-likeness (QED) is 0.638. The van der Waals surface area contributed by atoms with Gasteiger partial charge in [0.15, 0.2) is 0 Å². The molecule has 0 atom stereocenters. The third-order valence-corrected chi connectivity index (χ3v) is 3.16. The third kappa shape index (κ3) is 2.68. The van der Waals surface area contributed by atoms with Crippen LogP contribution in [0.1, 0.15) is 5.82 Å². The number of halogens is 1. The highest BCUT2D eigenvalue weighted by Gasteiger charge is 2.21. The van der Waals surface area contributed by atoms with Gasteiger partial charge in [0.2, 0.25) is 0 Å². The second-order valence-corrected chi connectivity index (χ2v) is 4.58. The standard InChI is InChI=1S/C12H13ClN4O2/c1-15-7-6-14-11(15)8-16(2)10-5-3-4-9(13)12(10)17(18)19/h3-7H,8H2,1-2H3. The van der Waals surface area contributed by atoms with Gasteiger partial charge in [0, 0.05) is 26.5 Å². The van der Waals surface area contributed by atoms with Crippen LogP contribution in [-0.2, 0) is 13.6 Å². The molecule has 0 amide bonds. The van der Waals surface area contributed by atoms with Crippen molar-refractivity contribution in [2.75, 3.05) is 11.9 Å². The summed E-state index contributed by atoms with van der Waals surface area (Å²) >= 11 is 5.89. The topological polar surface area (TPSA) is 64.2 Å². The highest BCUT2D eigenvalue weighted by molar-refractivity contribution is 6.33. The molecule has 2 rings (SSSR count). The third-order valence-electron chi connectivity index (χ3n) is 2.86. The zero-order valence-corrected chi connectivity index (χ0v) is 11.3. The number of hydrogen-bond acceptors (Lipinski definition) is 4. The molecule has 19 heavy (non-hydrogen) atoms. The maximum atomic E-state index is 11.1. The molecule has 0 aliphatic rings. The van der Waals surface area contributed by atoms with Gasteiger partial charge in [-0.15, -0.1) is 0 Å². The van der Waals surface area contributed by atoms with Crippen LogP contribution in [0.2, 0.25) is 5.02 Å². The Hall–Kier alpha value is -2.08. The first-order chi connectivity index (χ1) is 9.00. The van der Waals surface area contributed by atoms with Crippen molar-refractivity contribution in [2.24, 2.45) is 7.05 Å². The summed E-state index contributed by atoms with van der Waals surface area (Å²) in [5.41, 5.74) is 0.390. The van der Waals surface area contributed by atoms with Crippen LogP contribution in [0.4, 0.5) is 11.4 Å². The lowest BCUT2D eigenvalue weighted by Gasteiger charge is -2.19. The minimum atomic E-state index is -0.466. The van der Waals surface area contributed by atoms with E-state index < -0.39 is 4.92 Å². The van der Waals surface area contributed by atoms with E-state index in [0.29, 0.717) is 12.2 Å². The molecule has 6 nitrogen and oxygen atoms in total. The lowest BCUT2D eigenvalue weighted by Crippen LogP contribution is -2.20. The number of rotatable bonds is 4. The van der Waals surface area contributed by atoms with Crippen LogP contribution in [0.25, 0.3) is 0 Å². The van der Waals surface area contributed by atoms with E-state index in [4.69, 9.17) is 11.6 Å². The van der Waals surface area contributed by atoms with Crippen molar-refractivity contribution in [2.45, 2.75) is 6.54 Å². The average Bonchev–Trinajstić information content (AvgIpc) is 2.74. The van der Waals surface area contributed by atoms with Gasteiger partial charge in [-0.1, -0.05) is 17.7 Å². The van der Waals surface area contributed by atoms with Crippen LogP contribution in [-0.4, -0.2) is 21.5 Å². The SMILES string of the molecule is CN(Cc1nccn1C)c1cccc(Cl)c1[N+](=O)[O-]. The van der Waals surface area contributed by atoms with Gasteiger partial charge in [-0.2, -0.15) is 0 Å². The van der Waals surface area contributed by atoms with E-state index in [-0.39, 0.29) is 10.7 Å². The number of nitrogens with zero attached hydrogens (tertiary/aromatic N) is 4. The molecule has 0 saturated heterocycles. The zero-order valence-electron chi connectivity index (χ0n) is 10.6. The van der Waals surface area contributed by atoms with Crippen LogP contribution < -0.4 is 4.90 Å². The Kier molecular flexibility index (Phi) is 3.71. The molecule has 0 radical (unpaired) electrons. The van der Waals surface area contributed by atoms with Gasteiger partial charge in [0.1, 0.15) is 16.5 Å². The van der Waals surface area contributed by atoms with Crippen LogP contribution in [0.5, 0.6) is 0 Å². The minimum Gasteiger partial charge on any atom is -0.362 e. The lowest BCUT2D eigenvalue weighted by molar-refractivity contribution is -0.384. The summed E-state index contributed by atoms with van der Waals surface area (Å²) in [4.78, 5) is 16.6. The Morgan fingerprint density at radius 1 is 1.53 bits per heavy atom. The van der Waals surface area contributed by atoms with E-state index in [9.17, 15) is 10.1 Å². The number of aryl methyl sites for hydroxylation is 1. The molecule has 0 saturated carbocycles. The molecule has 1 aromatic heterocycles. The van der Waals surface area contributed by atoms with Gasteiger partial charge >= 0.3 is 5.69 Å². The smallest absolute Gasteiger partial charge is 0.310 e. The average molecular weight is 281 g/mol. The molecular formula is C12H13ClN4O2. The van der Waals surface area contributed by atoms with Crippen LogP contribution in [0.15, 0.2) is 30.6 Å². The fraction of sp³-hybridized carbons (Fsp3) is 0.250. The van der Waals surface area contributed by atoms with Gasteiger partial charge in [0.25, 0.3) is 0 Å². The summed E-state index contributed by atoms with van der Waals surface area (Å²) in [7, 11) is 3.65. The highest BCUT2D eigenvalue weighted by atomic mass is 35.5. The van der Waals surface area contributed by atoms with E-state index in [1.165, 1.54) is 6.07 Å². The number of aromatic nitrogens is 2. The second kappa shape index (κ2) is 5.27. The van der Waals surface area contributed by atoms with E-state index in [1.54, 1.807) is 30.3 Å². The lowest BCUT2D eigenvalue weighted by atomic mass is 10.2. The summed E-state index contributed by atoms with van der Waals surface area (Å²) in [6.45, 7) is 0.463. The minimum absolute atomic E-state index is 0.0825. The molecule has 1 heterocycles. The Balaban J connectivity index is 2.34. The Bertz CT molecular complexity index is 612. The summed E-state index contributed by atoms with van der Waals surface area (Å²) in [5.74, 6) is 0.816. The molecule has 0 aliphatic carbocycles. The van der Waals surface area contributed by atoms with Gasteiger partial charge in [-0.05, 0) is 12.1 Å². The number of nitro groups is 1. The van der Waals surface area contributed by atoms with Crippen LogP contribution >= 0.6 is 11.6 Å². The number of anilines is 1. The molecule has 0 N–H and O–H groups in total. The highest BCUT2D eigenvalue weighted by Crippen LogP contribution is 2.34. The van der Waals surface area contributed by atoms with E-state index in [0.717, 1.165) is 5.82 Å². The number of para-hydroxylation sites is 1. The zero-order chi connectivity index (χ0) is 14.0. The number of imidazole rings is 1. The second-order valence-electron chi connectivity index (χ2n) is 4.18. The van der Waals surface area contributed by atoms with Crippen molar-refractivity contribution in [1.82, 2.24) is 9.55 Å². The largest absolute Gasteiger partial charge is 0.362 e. The fourth-order valence-electron chi connectivity index (χ4n) is 1.84. The first kappa shape index (κ1) is 13.4. The van der Waals surface area contributed by atoms with Gasteiger partial charge in [0.05, 0.1) is 11.5 Å². The summed E-state index contributed by atoms with van der Waals surface area (Å²) < 4.78 is 1.87. The van der Waals surface area contributed by atoms with Crippen molar-refractivity contribution < 1.29 is 4.92 Å². The Labute approximate surface area is 115 Å². The molecule has 0 spiro atoms. The monoisotopic (exact) mass is 280 g/mol. The summed E-state index contributed by atoms with van der Waals surface area (Å²) in [6, 6.07) is 4.88. The molecule has 0 fully saturated rings. The number of nitro benzene ring substituents is 1. The first-order valence-corrected chi connectivity index (χ1v) is 5.98. The van der Waals surface area contributed by atoms with Gasteiger partial charge < -0.3 is 9.47 Å². The van der Waals surface area contributed by atoms with Crippen molar-refractivity contribution >= 4 is 23.0 Å². The van der Waals surface area contributed by atoms with Crippen molar-refractivity contribution in [3.63, 3.8) is 0 Å². The predicted molar refractivity (Wildman–Crippen MR) is 73.4 cm³/mol. The molecule has 0 aliphatic heterocycles. The van der Waals surface area contributed by atoms with Gasteiger partial charge in [-0.25, -0.2) is 4.98 Å². The molecule has 0 unspecified atom stereocenters. The Morgan fingerprint density at radius 2 is 2.26 bits per heavy atom. The molecule has 1 aromatic carbocycles. The summed E-state index contributed by atoms with van der Waals surface area (Å²) in [5, 5.41) is 11.2. The van der Waals surface area contributed by atoms with Crippen LogP contribution in [0, 0.1) is 10.1 Å².